The second kappa shape index (κ2) is 13.1. The van der Waals surface area contributed by atoms with Gasteiger partial charge in [0.2, 0.25) is 0 Å². The fraction of sp³-hybridized carbons (Fsp3) is 0.314. The zero-order valence-corrected chi connectivity index (χ0v) is 26.6. The van der Waals surface area contributed by atoms with Gasteiger partial charge in [0.05, 0.1) is 0 Å². The molecule has 38 heavy (non-hydrogen) atoms. The van der Waals surface area contributed by atoms with Gasteiger partial charge in [0, 0.05) is 5.92 Å². The number of aryl methyl sites for hydroxylation is 6. The molecule has 2 nitrogen and oxygen atoms in total. The molecule has 1 fully saturated rings. The summed E-state index contributed by atoms with van der Waals surface area (Å²) >= 11 is 0. The van der Waals surface area contributed by atoms with Gasteiger partial charge >= 0.3 is 29.6 Å². The van der Waals surface area contributed by atoms with Crippen molar-refractivity contribution in [3.05, 3.63) is 134 Å². The van der Waals surface area contributed by atoms with Crippen molar-refractivity contribution in [1.82, 2.24) is 5.32 Å². The third-order valence-electron chi connectivity index (χ3n) is 7.55. The Morgan fingerprint density at radius 2 is 1.47 bits per heavy atom. The van der Waals surface area contributed by atoms with Crippen LogP contribution in [0.15, 0.2) is 84.6 Å². The van der Waals surface area contributed by atoms with Gasteiger partial charge in [-0.05, 0) is 112 Å². The first-order chi connectivity index (χ1) is 17.7. The maximum absolute atomic E-state index is 4.88. The van der Waals surface area contributed by atoms with Gasteiger partial charge in [-0.25, -0.2) is 0 Å². The van der Waals surface area contributed by atoms with E-state index in [1.165, 1.54) is 61.2 Å². The summed E-state index contributed by atoms with van der Waals surface area (Å²) in [7, 11) is 0. The molecule has 0 radical (unpaired) electrons. The van der Waals surface area contributed by atoms with Gasteiger partial charge in [0.15, 0.2) is 0 Å². The van der Waals surface area contributed by atoms with Crippen LogP contribution in [-0.2, 0) is 6.42 Å². The maximum atomic E-state index is 4.88. The molecule has 1 saturated heterocycles. The number of nitrogens with one attached hydrogen (secondary N) is 1. The molecule has 1 aliphatic heterocycles. The Morgan fingerprint density at radius 3 is 1.97 bits per heavy atom. The molecule has 4 rings (SSSR count). The quantitative estimate of drug-likeness (QED) is 0.312. The van der Waals surface area contributed by atoms with Crippen LogP contribution < -0.4 is 34.9 Å². The Hall–Kier alpha value is -2.36. The van der Waals surface area contributed by atoms with Crippen LogP contribution >= 0.6 is 0 Å². The number of benzene rings is 3. The van der Waals surface area contributed by atoms with Crippen molar-refractivity contribution in [2.75, 3.05) is 6.54 Å². The van der Waals surface area contributed by atoms with Crippen molar-refractivity contribution in [2.45, 2.75) is 67.0 Å². The average molecular weight is 513 g/mol. The maximum Gasteiger partial charge on any atom is 1.00 e. The minimum Gasteiger partial charge on any atom is -0.672 e. The first-order valence-corrected chi connectivity index (χ1v) is 13.4. The van der Waals surface area contributed by atoms with Crippen molar-refractivity contribution in [3.63, 3.8) is 0 Å². The third kappa shape index (κ3) is 6.79. The molecule has 0 saturated carbocycles. The number of rotatable bonds is 7. The van der Waals surface area contributed by atoms with Gasteiger partial charge in [-0.3, -0.25) is 0 Å². The predicted octanol–water partition coefficient (Wildman–Crippen LogP) is 5.85. The van der Waals surface area contributed by atoms with Crippen molar-refractivity contribution >= 4 is 0 Å². The molecule has 3 aromatic carbocycles. The summed E-state index contributed by atoms with van der Waals surface area (Å²) < 4.78 is 0. The van der Waals surface area contributed by atoms with Crippen LogP contribution in [-0.4, -0.2) is 12.7 Å². The van der Waals surface area contributed by atoms with Gasteiger partial charge in [0.25, 0.3) is 0 Å². The van der Waals surface area contributed by atoms with E-state index in [9.17, 15) is 0 Å². The number of hydrogen-bond acceptors (Lipinski definition) is 1. The van der Waals surface area contributed by atoms with Crippen LogP contribution in [0.5, 0.6) is 0 Å². The van der Waals surface area contributed by atoms with Gasteiger partial charge < -0.3 is 10.6 Å². The zero-order valence-electron chi connectivity index (χ0n) is 24.6. The molecule has 1 heterocycles. The largest absolute Gasteiger partial charge is 1.00 e. The van der Waals surface area contributed by atoms with Crippen LogP contribution in [0.2, 0.25) is 0 Å². The van der Waals surface area contributed by atoms with Crippen LogP contribution in [0.1, 0.15) is 57.3 Å². The van der Waals surface area contributed by atoms with Crippen LogP contribution in [0.25, 0.3) is 16.4 Å². The van der Waals surface area contributed by atoms with Crippen molar-refractivity contribution < 1.29 is 29.6 Å². The molecule has 0 bridgehead atoms. The van der Waals surface area contributed by atoms with E-state index in [2.05, 4.69) is 127 Å². The van der Waals surface area contributed by atoms with Crippen molar-refractivity contribution in [3.8, 4) is 11.1 Å². The molecule has 0 spiro atoms. The molecule has 2 atom stereocenters. The Balaban J connectivity index is 0.00000400. The van der Waals surface area contributed by atoms with Gasteiger partial charge in [-0.2, -0.15) is 5.70 Å². The van der Waals surface area contributed by atoms with E-state index in [1.54, 1.807) is 0 Å². The Morgan fingerprint density at radius 1 is 0.921 bits per heavy atom. The van der Waals surface area contributed by atoms with Crippen molar-refractivity contribution in [2.24, 2.45) is 0 Å². The third-order valence-corrected chi connectivity index (χ3v) is 7.55. The number of hydrogen-bond donors (Lipinski definition) is 1. The average Bonchev–Trinajstić information content (AvgIpc) is 3.25. The molecule has 0 aliphatic carbocycles. The van der Waals surface area contributed by atoms with Gasteiger partial charge in [0.1, 0.15) is 0 Å². The summed E-state index contributed by atoms with van der Waals surface area (Å²) in [4.78, 5) is 0. The predicted molar refractivity (Wildman–Crippen MR) is 160 cm³/mol. The van der Waals surface area contributed by atoms with Gasteiger partial charge in [-0.1, -0.05) is 84.1 Å². The molecule has 0 aromatic heterocycles. The smallest absolute Gasteiger partial charge is 0.672 e. The molecule has 192 valence electrons. The molecule has 0 amide bonds. The second-order valence-corrected chi connectivity index (χ2v) is 10.7. The first kappa shape index (κ1) is 30.2. The molecule has 1 aliphatic rings. The van der Waals surface area contributed by atoms with Crippen LogP contribution in [0.3, 0.4) is 0 Å². The zero-order chi connectivity index (χ0) is 26.7. The number of allylic oxidation sites excluding steroid dienone is 3. The Bertz CT molecular complexity index is 1320. The molecular formula is C35H41N2Na. The van der Waals surface area contributed by atoms with E-state index in [0.717, 1.165) is 18.7 Å². The van der Waals surface area contributed by atoms with Gasteiger partial charge in [-0.15, -0.1) is 6.58 Å². The fourth-order valence-corrected chi connectivity index (χ4v) is 5.98. The van der Waals surface area contributed by atoms with E-state index in [-0.39, 0.29) is 41.6 Å². The normalized spacial score (nSPS) is 16.4. The fourth-order valence-electron chi connectivity index (χ4n) is 5.98. The Kier molecular flexibility index (Phi) is 10.4. The molecule has 3 heteroatoms. The summed E-state index contributed by atoms with van der Waals surface area (Å²) in [6.45, 7) is 20.2. The minimum absolute atomic E-state index is 0. The molecular weight excluding hydrogens is 471 g/mol. The SMILES string of the molecule is C=C1CNC(C(C(/C=C\Cc2c(C)cc(C)cc2C)=C/C)c2ccc(-c3c(C)cc(C)cc3C)cc2)[N-]1.[Na+]. The summed E-state index contributed by atoms with van der Waals surface area (Å²) in [6.07, 6.45) is 7.75. The van der Waals surface area contributed by atoms with Crippen molar-refractivity contribution in [1.29, 1.82) is 0 Å². The van der Waals surface area contributed by atoms with E-state index in [4.69, 9.17) is 5.32 Å². The monoisotopic (exact) mass is 512 g/mol. The standard InChI is InChI=1S/C35H41N2.Na/c1-9-29(11-10-12-32-24(4)17-22(2)18-25(32)5)34(35-36-21-28(8)37-35)31-15-13-30(14-16-31)33-26(6)19-23(3)20-27(33)7;/h9-11,13-20,34-36H,8,12,21H2,1-7H3;/q-1;+1/b11-10-,29-9+;. The molecule has 3 aromatic rings. The number of nitrogens with zero attached hydrogens (tertiary/aromatic N) is 1. The van der Waals surface area contributed by atoms with E-state index in [0.29, 0.717) is 0 Å². The summed E-state index contributed by atoms with van der Waals surface area (Å²) in [5, 5.41) is 8.46. The van der Waals surface area contributed by atoms with E-state index < -0.39 is 0 Å². The minimum atomic E-state index is -0.0140. The summed E-state index contributed by atoms with van der Waals surface area (Å²) in [5.41, 5.74) is 15.5. The molecule has 2 unspecified atom stereocenters. The summed E-state index contributed by atoms with van der Waals surface area (Å²) in [5.74, 6) is 0.120. The van der Waals surface area contributed by atoms with Crippen LogP contribution in [0.4, 0.5) is 0 Å². The van der Waals surface area contributed by atoms with Crippen LogP contribution in [0, 0.1) is 41.5 Å². The molecule has 1 N–H and O–H groups in total. The van der Waals surface area contributed by atoms with E-state index >= 15 is 0 Å². The Labute approximate surface area is 252 Å². The second-order valence-electron chi connectivity index (χ2n) is 10.7. The first-order valence-electron chi connectivity index (χ1n) is 13.4. The van der Waals surface area contributed by atoms with E-state index in [1.807, 2.05) is 0 Å². The summed E-state index contributed by atoms with van der Waals surface area (Å²) in [6, 6.07) is 18.2. The topological polar surface area (TPSA) is 26.1 Å².